The van der Waals surface area contributed by atoms with E-state index in [2.05, 4.69) is 37.3 Å². The lowest BCUT2D eigenvalue weighted by molar-refractivity contribution is -0.140. The molecule has 2 saturated heterocycles. The largest absolute Gasteiger partial charge is 0.341 e. The van der Waals surface area contributed by atoms with Crippen LogP contribution in [0.5, 0.6) is 0 Å². The number of hydrogen-bond acceptors (Lipinski definition) is 5. The van der Waals surface area contributed by atoms with Gasteiger partial charge in [-0.15, -0.1) is 10.2 Å². The second-order valence-corrected chi connectivity index (χ2v) is 7.76. The van der Waals surface area contributed by atoms with Crippen LogP contribution < -0.4 is 0 Å². The van der Waals surface area contributed by atoms with E-state index < -0.39 is 0 Å². The van der Waals surface area contributed by atoms with Gasteiger partial charge < -0.3 is 4.90 Å². The molecule has 132 valence electrons. The lowest BCUT2D eigenvalue weighted by Crippen LogP contribution is -2.53. The van der Waals surface area contributed by atoms with E-state index in [1.807, 2.05) is 0 Å². The minimum absolute atomic E-state index is 0.125. The number of piperidine rings is 2. The van der Waals surface area contributed by atoms with E-state index in [9.17, 15) is 4.79 Å². The van der Waals surface area contributed by atoms with Gasteiger partial charge in [0.05, 0.1) is 6.04 Å². The molecule has 1 saturated carbocycles. The van der Waals surface area contributed by atoms with E-state index in [1.165, 1.54) is 12.8 Å². The average molecular weight is 332 g/mol. The van der Waals surface area contributed by atoms with Gasteiger partial charge in [-0.05, 0) is 57.0 Å². The fraction of sp³-hybridized carbons (Fsp3) is 0.882. The highest BCUT2D eigenvalue weighted by Gasteiger charge is 2.58. The van der Waals surface area contributed by atoms with Crippen molar-refractivity contribution in [2.45, 2.75) is 63.8 Å². The van der Waals surface area contributed by atoms with Gasteiger partial charge >= 0.3 is 0 Å². The summed E-state index contributed by atoms with van der Waals surface area (Å²) in [5.74, 6) is 1.67. The third-order valence-corrected chi connectivity index (χ3v) is 6.34. The van der Waals surface area contributed by atoms with Crippen molar-refractivity contribution in [3.05, 3.63) is 5.82 Å². The van der Waals surface area contributed by atoms with E-state index in [-0.39, 0.29) is 6.04 Å². The Morgan fingerprint density at radius 1 is 1.29 bits per heavy atom. The van der Waals surface area contributed by atoms with Crippen LogP contribution in [-0.4, -0.2) is 68.6 Å². The summed E-state index contributed by atoms with van der Waals surface area (Å²) in [4.78, 5) is 17.6. The second kappa shape index (κ2) is 6.43. The van der Waals surface area contributed by atoms with Crippen molar-refractivity contribution >= 4 is 5.91 Å². The maximum absolute atomic E-state index is 13.0. The summed E-state index contributed by atoms with van der Waals surface area (Å²) in [6.07, 6.45) is 7.90. The first-order chi connectivity index (χ1) is 11.7. The first kappa shape index (κ1) is 16.0. The van der Waals surface area contributed by atoms with Gasteiger partial charge in [-0.25, -0.2) is 0 Å². The van der Waals surface area contributed by atoms with Crippen LogP contribution in [0.3, 0.4) is 0 Å². The number of hydrogen-bond donors (Lipinski definition) is 1. The third kappa shape index (κ3) is 2.83. The molecule has 4 rings (SSSR count). The Morgan fingerprint density at radius 2 is 2.12 bits per heavy atom. The van der Waals surface area contributed by atoms with Crippen LogP contribution in [0.25, 0.3) is 0 Å². The second-order valence-electron chi connectivity index (χ2n) is 7.76. The Bertz CT molecular complexity index is 564. The number of likely N-dealkylation sites (tertiary alicyclic amines) is 2. The predicted octanol–water partition coefficient (Wildman–Crippen LogP) is 1.56. The maximum atomic E-state index is 13.0. The molecule has 0 radical (unpaired) electrons. The summed E-state index contributed by atoms with van der Waals surface area (Å²) in [6.45, 7) is 6.12. The molecular formula is C17H28N6O. The third-order valence-electron chi connectivity index (χ3n) is 6.34. The minimum atomic E-state index is 0.125. The summed E-state index contributed by atoms with van der Waals surface area (Å²) in [5.41, 5.74) is 0.330. The monoisotopic (exact) mass is 332 g/mol. The number of rotatable bonds is 4. The van der Waals surface area contributed by atoms with Crippen LogP contribution in [-0.2, 0) is 4.79 Å². The Labute approximate surface area is 143 Å². The van der Waals surface area contributed by atoms with Crippen molar-refractivity contribution in [2.24, 2.45) is 5.41 Å². The van der Waals surface area contributed by atoms with Gasteiger partial charge in [0.25, 0.3) is 0 Å². The normalized spacial score (nSPS) is 29.8. The number of carbonyl (C=O) groups is 1. The number of aromatic nitrogens is 4. The van der Waals surface area contributed by atoms with Crippen molar-refractivity contribution in [1.29, 1.82) is 0 Å². The average Bonchev–Trinajstić information content (AvgIpc) is 3.06. The van der Waals surface area contributed by atoms with Crippen LogP contribution in [0.4, 0.5) is 0 Å². The molecule has 2 unspecified atom stereocenters. The SMILES string of the molecule is CCCN1CCCCC1C(=O)N1CCC2(CC1)CC2c1nn[nH]n1. The van der Waals surface area contributed by atoms with Gasteiger partial charge in [-0.3, -0.25) is 9.69 Å². The topological polar surface area (TPSA) is 78.0 Å². The summed E-state index contributed by atoms with van der Waals surface area (Å²) in [5, 5.41) is 14.5. The van der Waals surface area contributed by atoms with E-state index in [4.69, 9.17) is 0 Å². The summed E-state index contributed by atoms with van der Waals surface area (Å²) >= 11 is 0. The highest BCUT2D eigenvalue weighted by molar-refractivity contribution is 5.82. The number of H-pyrrole nitrogens is 1. The van der Waals surface area contributed by atoms with E-state index >= 15 is 0 Å². The van der Waals surface area contributed by atoms with Crippen LogP contribution in [0.2, 0.25) is 0 Å². The zero-order valence-corrected chi connectivity index (χ0v) is 14.6. The lowest BCUT2D eigenvalue weighted by Gasteiger charge is -2.40. The summed E-state index contributed by atoms with van der Waals surface area (Å²) in [6, 6.07) is 0.125. The number of amides is 1. The van der Waals surface area contributed by atoms with E-state index in [0.717, 1.165) is 64.1 Å². The van der Waals surface area contributed by atoms with Gasteiger partial charge in [0, 0.05) is 19.0 Å². The van der Waals surface area contributed by atoms with Gasteiger partial charge in [0.15, 0.2) is 5.82 Å². The molecule has 0 aromatic carbocycles. The molecule has 7 heteroatoms. The zero-order valence-electron chi connectivity index (χ0n) is 14.6. The van der Waals surface area contributed by atoms with E-state index in [1.54, 1.807) is 0 Å². The van der Waals surface area contributed by atoms with Gasteiger partial charge in [0.1, 0.15) is 0 Å². The Balaban J connectivity index is 1.35. The molecule has 7 nitrogen and oxygen atoms in total. The Kier molecular flexibility index (Phi) is 4.28. The molecule has 0 bridgehead atoms. The molecule has 2 aliphatic heterocycles. The molecule has 1 aliphatic carbocycles. The Hall–Kier alpha value is -1.50. The molecule has 3 aliphatic rings. The minimum Gasteiger partial charge on any atom is -0.341 e. The first-order valence-electron chi connectivity index (χ1n) is 9.50. The standard InChI is InChI=1S/C17H28N6O/c1-2-8-22-9-4-3-5-14(22)16(24)23-10-6-17(7-11-23)12-13(17)15-18-20-21-19-15/h13-14H,2-12H2,1H3,(H,18,19,20,21). The van der Waals surface area contributed by atoms with E-state index in [0.29, 0.717) is 17.2 Å². The number of carbonyl (C=O) groups excluding carboxylic acids is 1. The predicted molar refractivity (Wildman–Crippen MR) is 89.3 cm³/mol. The number of nitrogens with zero attached hydrogens (tertiary/aromatic N) is 5. The summed E-state index contributed by atoms with van der Waals surface area (Å²) < 4.78 is 0. The van der Waals surface area contributed by atoms with Crippen molar-refractivity contribution in [3.63, 3.8) is 0 Å². The maximum Gasteiger partial charge on any atom is 0.239 e. The molecule has 2 atom stereocenters. The van der Waals surface area contributed by atoms with Crippen molar-refractivity contribution in [3.8, 4) is 0 Å². The molecule has 1 amide bonds. The van der Waals surface area contributed by atoms with Crippen molar-refractivity contribution < 1.29 is 4.79 Å². The number of aromatic amines is 1. The molecule has 24 heavy (non-hydrogen) atoms. The molecule has 1 N–H and O–H groups in total. The molecule has 1 spiro atoms. The molecular weight excluding hydrogens is 304 g/mol. The summed E-state index contributed by atoms with van der Waals surface area (Å²) in [7, 11) is 0. The Morgan fingerprint density at radius 3 is 2.83 bits per heavy atom. The van der Waals surface area contributed by atoms with Gasteiger partial charge in [-0.2, -0.15) is 5.21 Å². The molecule has 3 fully saturated rings. The molecule has 1 aromatic heterocycles. The van der Waals surface area contributed by atoms with Crippen LogP contribution in [0.15, 0.2) is 0 Å². The smallest absolute Gasteiger partial charge is 0.239 e. The highest BCUT2D eigenvalue weighted by Crippen LogP contribution is 2.64. The van der Waals surface area contributed by atoms with Crippen LogP contribution >= 0.6 is 0 Å². The molecule has 1 aromatic rings. The molecule has 3 heterocycles. The number of tetrazole rings is 1. The first-order valence-corrected chi connectivity index (χ1v) is 9.50. The fourth-order valence-electron chi connectivity index (χ4n) is 4.79. The van der Waals surface area contributed by atoms with Crippen LogP contribution in [0, 0.1) is 5.41 Å². The van der Waals surface area contributed by atoms with Gasteiger partial charge in [0.2, 0.25) is 5.91 Å². The quantitative estimate of drug-likeness (QED) is 0.905. The van der Waals surface area contributed by atoms with Crippen molar-refractivity contribution in [2.75, 3.05) is 26.2 Å². The zero-order chi connectivity index (χ0) is 16.6. The van der Waals surface area contributed by atoms with Crippen LogP contribution in [0.1, 0.15) is 63.6 Å². The lowest BCUT2D eigenvalue weighted by atomic mass is 9.89. The highest BCUT2D eigenvalue weighted by atomic mass is 16.2. The fourth-order valence-corrected chi connectivity index (χ4v) is 4.79. The van der Waals surface area contributed by atoms with Gasteiger partial charge in [-0.1, -0.05) is 18.6 Å². The number of nitrogens with one attached hydrogen (secondary N) is 1. The van der Waals surface area contributed by atoms with Crippen molar-refractivity contribution in [1.82, 2.24) is 30.4 Å².